The Labute approximate surface area is 68.5 Å². The Balaban J connectivity index is 2.35. The topological polar surface area (TPSA) is 23.5 Å². The molecule has 0 bridgehead atoms. The summed E-state index contributed by atoms with van der Waals surface area (Å²) in [5.41, 5.74) is 0. The third-order valence-electron chi connectivity index (χ3n) is 2.32. The highest BCUT2D eigenvalue weighted by molar-refractivity contribution is 4.88. The Kier molecular flexibility index (Phi) is 3.60. The molecule has 0 spiro atoms. The summed E-state index contributed by atoms with van der Waals surface area (Å²) in [6.07, 6.45) is 5.71. The number of likely N-dealkylation sites (tertiary alicyclic amines) is 1. The molecule has 1 aliphatic rings. The molecule has 0 saturated carbocycles. The molecule has 64 valence electrons. The van der Waals surface area contributed by atoms with Gasteiger partial charge in [0.15, 0.2) is 0 Å². The van der Waals surface area contributed by atoms with Gasteiger partial charge in [-0.15, -0.1) is 6.58 Å². The van der Waals surface area contributed by atoms with Crippen molar-refractivity contribution in [1.29, 1.82) is 0 Å². The second-order valence-electron chi connectivity index (χ2n) is 3.08. The van der Waals surface area contributed by atoms with Gasteiger partial charge in [0.1, 0.15) is 0 Å². The summed E-state index contributed by atoms with van der Waals surface area (Å²) < 4.78 is 0. The number of aliphatic hydroxyl groups excluding tert-OH is 1. The lowest BCUT2D eigenvalue weighted by Crippen LogP contribution is -2.39. The second kappa shape index (κ2) is 4.52. The van der Waals surface area contributed by atoms with E-state index in [-0.39, 0.29) is 12.6 Å². The Morgan fingerprint density at radius 3 is 2.45 bits per heavy atom. The van der Waals surface area contributed by atoms with Crippen molar-refractivity contribution in [3.63, 3.8) is 0 Å². The molecule has 0 amide bonds. The fourth-order valence-corrected chi connectivity index (χ4v) is 1.59. The summed E-state index contributed by atoms with van der Waals surface area (Å²) in [4.78, 5) is 2.30. The molecule has 11 heavy (non-hydrogen) atoms. The SMILES string of the molecule is C=C[C@H](CO)N1CCCCC1. The molecular weight excluding hydrogens is 138 g/mol. The molecule has 1 fully saturated rings. The van der Waals surface area contributed by atoms with E-state index in [1.54, 1.807) is 0 Å². The molecule has 2 heteroatoms. The molecule has 1 rings (SSSR count). The maximum Gasteiger partial charge on any atom is 0.0622 e. The predicted octanol–water partition coefficient (Wildman–Crippen LogP) is 1.02. The number of hydrogen-bond donors (Lipinski definition) is 1. The molecule has 0 aromatic rings. The van der Waals surface area contributed by atoms with Crippen molar-refractivity contribution in [2.45, 2.75) is 25.3 Å². The first-order valence-corrected chi connectivity index (χ1v) is 4.36. The summed E-state index contributed by atoms with van der Waals surface area (Å²) in [5.74, 6) is 0. The lowest BCUT2D eigenvalue weighted by atomic mass is 10.1. The third-order valence-corrected chi connectivity index (χ3v) is 2.32. The largest absolute Gasteiger partial charge is 0.394 e. The van der Waals surface area contributed by atoms with Gasteiger partial charge in [0.05, 0.1) is 12.6 Å². The maximum atomic E-state index is 8.97. The van der Waals surface area contributed by atoms with Crippen LogP contribution in [0, 0.1) is 0 Å². The lowest BCUT2D eigenvalue weighted by molar-refractivity contribution is 0.132. The Bertz CT molecular complexity index is 119. The Morgan fingerprint density at radius 1 is 1.36 bits per heavy atom. The van der Waals surface area contributed by atoms with Crippen molar-refractivity contribution in [3.8, 4) is 0 Å². The molecule has 0 radical (unpaired) electrons. The molecule has 1 N–H and O–H groups in total. The van der Waals surface area contributed by atoms with Crippen molar-refractivity contribution >= 4 is 0 Å². The Hall–Kier alpha value is -0.340. The van der Waals surface area contributed by atoms with Crippen molar-refractivity contribution in [2.75, 3.05) is 19.7 Å². The standard InChI is InChI=1S/C9H17NO/c1-2-9(8-11)10-6-4-3-5-7-10/h2,9,11H,1,3-8H2/t9-/m1/s1. The van der Waals surface area contributed by atoms with Gasteiger partial charge < -0.3 is 5.11 Å². The molecule has 1 aliphatic heterocycles. The monoisotopic (exact) mass is 155 g/mol. The quantitative estimate of drug-likeness (QED) is 0.615. The maximum absolute atomic E-state index is 8.97. The highest BCUT2D eigenvalue weighted by atomic mass is 16.3. The van der Waals surface area contributed by atoms with E-state index in [0.29, 0.717) is 0 Å². The summed E-state index contributed by atoms with van der Waals surface area (Å²) in [6, 6.07) is 0.190. The molecule has 0 aliphatic carbocycles. The first kappa shape index (κ1) is 8.75. The van der Waals surface area contributed by atoms with Crippen molar-refractivity contribution in [3.05, 3.63) is 12.7 Å². The van der Waals surface area contributed by atoms with Gasteiger partial charge >= 0.3 is 0 Å². The van der Waals surface area contributed by atoms with Crippen LogP contribution in [0.15, 0.2) is 12.7 Å². The van der Waals surface area contributed by atoms with Gasteiger partial charge in [0.2, 0.25) is 0 Å². The van der Waals surface area contributed by atoms with Gasteiger partial charge in [-0.25, -0.2) is 0 Å². The smallest absolute Gasteiger partial charge is 0.0622 e. The molecule has 0 aromatic heterocycles. The zero-order valence-corrected chi connectivity index (χ0v) is 7.00. The van der Waals surface area contributed by atoms with Crippen LogP contribution in [-0.4, -0.2) is 35.7 Å². The van der Waals surface area contributed by atoms with E-state index in [4.69, 9.17) is 5.11 Å². The van der Waals surface area contributed by atoms with E-state index >= 15 is 0 Å². The van der Waals surface area contributed by atoms with Crippen molar-refractivity contribution in [1.82, 2.24) is 4.90 Å². The molecule has 1 atom stereocenters. The first-order chi connectivity index (χ1) is 5.38. The highest BCUT2D eigenvalue weighted by Crippen LogP contribution is 2.12. The van der Waals surface area contributed by atoms with Gasteiger partial charge in [0.25, 0.3) is 0 Å². The van der Waals surface area contributed by atoms with E-state index in [9.17, 15) is 0 Å². The van der Waals surface area contributed by atoms with Crippen LogP contribution < -0.4 is 0 Å². The second-order valence-corrected chi connectivity index (χ2v) is 3.08. The van der Waals surface area contributed by atoms with Crippen LogP contribution in [0.25, 0.3) is 0 Å². The van der Waals surface area contributed by atoms with E-state index < -0.39 is 0 Å². The van der Waals surface area contributed by atoms with Gasteiger partial charge in [0, 0.05) is 0 Å². The van der Waals surface area contributed by atoms with Crippen LogP contribution in [0.5, 0.6) is 0 Å². The zero-order valence-electron chi connectivity index (χ0n) is 7.00. The first-order valence-electron chi connectivity index (χ1n) is 4.36. The molecule has 1 saturated heterocycles. The van der Waals surface area contributed by atoms with E-state index in [1.807, 2.05) is 6.08 Å². The number of nitrogens with zero attached hydrogens (tertiary/aromatic N) is 1. The van der Waals surface area contributed by atoms with Gasteiger partial charge in [-0.3, -0.25) is 4.90 Å². The van der Waals surface area contributed by atoms with Crippen LogP contribution in [0.4, 0.5) is 0 Å². The average Bonchev–Trinajstić information content (AvgIpc) is 2.09. The van der Waals surface area contributed by atoms with E-state index in [2.05, 4.69) is 11.5 Å². The lowest BCUT2D eigenvalue weighted by Gasteiger charge is -2.31. The minimum Gasteiger partial charge on any atom is -0.394 e. The average molecular weight is 155 g/mol. The molecule has 1 heterocycles. The minimum atomic E-state index is 0.190. The Morgan fingerprint density at radius 2 is 2.00 bits per heavy atom. The molecule has 0 unspecified atom stereocenters. The number of aliphatic hydroxyl groups is 1. The van der Waals surface area contributed by atoms with Crippen LogP contribution in [0.1, 0.15) is 19.3 Å². The summed E-state index contributed by atoms with van der Waals surface area (Å²) in [6.45, 7) is 6.16. The van der Waals surface area contributed by atoms with Gasteiger partial charge in [-0.1, -0.05) is 12.5 Å². The molecule has 2 nitrogen and oxygen atoms in total. The normalized spacial score (nSPS) is 23.0. The summed E-state index contributed by atoms with van der Waals surface area (Å²) in [5, 5.41) is 8.97. The summed E-state index contributed by atoms with van der Waals surface area (Å²) >= 11 is 0. The predicted molar refractivity (Wildman–Crippen MR) is 46.5 cm³/mol. The van der Waals surface area contributed by atoms with Crippen LogP contribution in [0.3, 0.4) is 0 Å². The zero-order chi connectivity index (χ0) is 8.10. The van der Waals surface area contributed by atoms with Crippen LogP contribution >= 0.6 is 0 Å². The number of piperidine rings is 1. The van der Waals surface area contributed by atoms with Gasteiger partial charge in [-0.2, -0.15) is 0 Å². The fourth-order valence-electron chi connectivity index (χ4n) is 1.59. The van der Waals surface area contributed by atoms with E-state index in [0.717, 1.165) is 13.1 Å². The molecule has 0 aromatic carbocycles. The van der Waals surface area contributed by atoms with Crippen LogP contribution in [0.2, 0.25) is 0 Å². The number of rotatable bonds is 3. The van der Waals surface area contributed by atoms with Crippen LogP contribution in [-0.2, 0) is 0 Å². The minimum absolute atomic E-state index is 0.190. The highest BCUT2D eigenvalue weighted by Gasteiger charge is 2.16. The fraction of sp³-hybridized carbons (Fsp3) is 0.778. The number of hydrogen-bond acceptors (Lipinski definition) is 2. The van der Waals surface area contributed by atoms with Crippen molar-refractivity contribution < 1.29 is 5.11 Å². The van der Waals surface area contributed by atoms with Gasteiger partial charge in [-0.05, 0) is 25.9 Å². The summed E-state index contributed by atoms with van der Waals surface area (Å²) in [7, 11) is 0. The third kappa shape index (κ3) is 2.31. The van der Waals surface area contributed by atoms with Crippen molar-refractivity contribution in [2.24, 2.45) is 0 Å². The molecular formula is C9H17NO. The van der Waals surface area contributed by atoms with E-state index in [1.165, 1.54) is 19.3 Å².